The molecule has 172 valence electrons. The zero-order valence-electron chi connectivity index (χ0n) is 19.0. The van der Waals surface area contributed by atoms with E-state index in [4.69, 9.17) is 4.74 Å². The van der Waals surface area contributed by atoms with Gasteiger partial charge in [0.2, 0.25) is 0 Å². The topological polar surface area (TPSA) is 69.8 Å². The monoisotopic (exact) mass is 439 g/mol. The number of piperidine rings is 1. The van der Waals surface area contributed by atoms with Crippen molar-refractivity contribution in [3.05, 3.63) is 89.8 Å². The molecule has 1 aromatic heterocycles. The van der Waals surface area contributed by atoms with E-state index in [9.17, 15) is 4.39 Å². The van der Waals surface area contributed by atoms with Crippen LogP contribution in [0.3, 0.4) is 0 Å². The van der Waals surface area contributed by atoms with Crippen LogP contribution < -0.4 is 4.74 Å². The number of fused-ring (bicyclic) bond motifs is 1. The summed E-state index contributed by atoms with van der Waals surface area (Å²) in [6, 6.07) is 17.7. The van der Waals surface area contributed by atoms with Crippen molar-refractivity contribution in [1.29, 1.82) is 0 Å². The van der Waals surface area contributed by atoms with Gasteiger partial charge in [0.05, 0.1) is 6.61 Å². The largest absolute Gasteiger partial charge is 0.493 e. The molecule has 3 heterocycles. The van der Waals surface area contributed by atoms with Crippen LogP contribution in [0.2, 0.25) is 0 Å². The molecule has 1 fully saturated rings. The van der Waals surface area contributed by atoms with Gasteiger partial charge >= 0.3 is 0 Å². The summed E-state index contributed by atoms with van der Waals surface area (Å²) in [5.41, 5.74) is 1.72. The van der Waals surface area contributed by atoms with E-state index < -0.39 is 0 Å². The minimum Gasteiger partial charge on any atom is -0.493 e. The average Bonchev–Trinajstić information content (AvgIpc) is 2.83. The fraction of sp³-hybridized carbons (Fsp3) is 0.385. The van der Waals surface area contributed by atoms with E-state index in [0.717, 1.165) is 43.3 Å². The summed E-state index contributed by atoms with van der Waals surface area (Å²) in [5, 5.41) is 0. The van der Waals surface area contributed by atoms with Crippen LogP contribution in [0.4, 0.5) is 4.39 Å². The van der Waals surface area contributed by atoms with Gasteiger partial charge in [0, 0.05) is 30.4 Å². The van der Waals surface area contributed by atoms with Crippen LogP contribution in [0, 0.1) is 19.7 Å². The molecule has 0 spiro atoms. The van der Waals surface area contributed by atoms with Gasteiger partial charge in [-0.15, -0.1) is 0 Å². The fourth-order valence-electron chi connectivity index (χ4n) is 3.86. The molecular formula is C26H34FN3O2. The summed E-state index contributed by atoms with van der Waals surface area (Å²) in [7, 11) is 0. The van der Waals surface area contributed by atoms with E-state index in [1.807, 2.05) is 49.4 Å². The van der Waals surface area contributed by atoms with E-state index >= 15 is 0 Å². The van der Waals surface area contributed by atoms with Gasteiger partial charge in [0.15, 0.2) is 0 Å². The third-order valence-corrected chi connectivity index (χ3v) is 5.49. The molecule has 1 saturated heterocycles. The number of hydrogen-bond donors (Lipinski definition) is 0. The van der Waals surface area contributed by atoms with Crippen molar-refractivity contribution < 1.29 is 14.6 Å². The van der Waals surface area contributed by atoms with Gasteiger partial charge < -0.3 is 10.2 Å². The third-order valence-electron chi connectivity index (χ3n) is 5.49. The van der Waals surface area contributed by atoms with Crippen LogP contribution >= 0.6 is 0 Å². The lowest BCUT2D eigenvalue weighted by molar-refractivity contribution is 0.119. The van der Waals surface area contributed by atoms with E-state index in [-0.39, 0.29) is 11.3 Å². The maximum absolute atomic E-state index is 13.8. The van der Waals surface area contributed by atoms with Crippen molar-refractivity contribution in [3.63, 3.8) is 0 Å². The summed E-state index contributed by atoms with van der Waals surface area (Å²) in [4.78, 5) is 10.2. The Morgan fingerprint density at radius 2 is 1.47 bits per heavy atom. The van der Waals surface area contributed by atoms with Crippen molar-refractivity contribution in [3.8, 4) is 5.75 Å². The van der Waals surface area contributed by atoms with Gasteiger partial charge in [-0.3, -0.25) is 4.90 Å². The molecule has 2 aliphatic heterocycles. The Balaban J connectivity index is 0.000000213. The second kappa shape index (κ2) is 13.6. The number of aryl methyl sites for hydroxylation is 2. The highest BCUT2D eigenvalue weighted by Gasteiger charge is 2.28. The molecule has 2 aromatic carbocycles. The molecule has 1 atom stereocenters. The molecular weight excluding hydrogens is 405 g/mol. The Kier molecular flexibility index (Phi) is 10.8. The Morgan fingerprint density at radius 3 is 2.00 bits per heavy atom. The predicted molar refractivity (Wildman–Crippen MR) is 126 cm³/mol. The first-order valence-electron chi connectivity index (χ1n) is 11.1. The van der Waals surface area contributed by atoms with E-state index in [1.165, 1.54) is 19.3 Å². The molecule has 2 aliphatic rings. The van der Waals surface area contributed by atoms with Crippen LogP contribution in [0.5, 0.6) is 5.75 Å². The van der Waals surface area contributed by atoms with Crippen molar-refractivity contribution in [2.45, 2.75) is 45.6 Å². The second-order valence-electron chi connectivity index (χ2n) is 7.84. The van der Waals surface area contributed by atoms with Crippen molar-refractivity contribution >= 4 is 0 Å². The Bertz CT molecular complexity index is 877. The number of hydrogen-bond acceptors (Lipinski definition) is 4. The average molecular weight is 440 g/mol. The van der Waals surface area contributed by atoms with Gasteiger partial charge in [0.25, 0.3) is 0 Å². The SMILES string of the molecule is Cc1cc2c(cc1F)[C@@H](N1CCCCC1)CCO2.Cc1ncccn1.O.c1ccccc1. The van der Waals surface area contributed by atoms with Gasteiger partial charge in [-0.2, -0.15) is 0 Å². The molecule has 3 aromatic rings. The number of likely N-dealkylation sites (tertiary alicyclic amines) is 1. The highest BCUT2D eigenvalue weighted by Crippen LogP contribution is 2.38. The predicted octanol–water partition coefficient (Wildman–Crippen LogP) is 5.09. The Hall–Kier alpha value is -2.83. The van der Waals surface area contributed by atoms with Gasteiger partial charge in [0.1, 0.15) is 17.4 Å². The molecule has 5 rings (SSSR count). The fourth-order valence-corrected chi connectivity index (χ4v) is 3.86. The molecule has 0 radical (unpaired) electrons. The summed E-state index contributed by atoms with van der Waals surface area (Å²) in [5.74, 6) is 1.60. The van der Waals surface area contributed by atoms with E-state index in [0.29, 0.717) is 11.6 Å². The summed E-state index contributed by atoms with van der Waals surface area (Å²) < 4.78 is 19.5. The zero-order chi connectivity index (χ0) is 21.9. The summed E-state index contributed by atoms with van der Waals surface area (Å²) >= 11 is 0. The minimum absolute atomic E-state index is 0. The van der Waals surface area contributed by atoms with Crippen LogP contribution in [-0.4, -0.2) is 40.0 Å². The molecule has 6 heteroatoms. The number of ether oxygens (including phenoxy) is 1. The lowest BCUT2D eigenvalue weighted by Crippen LogP contribution is -2.36. The Morgan fingerprint density at radius 1 is 0.875 bits per heavy atom. The van der Waals surface area contributed by atoms with Gasteiger partial charge in [-0.05, 0) is 63.5 Å². The molecule has 2 N–H and O–H groups in total. The summed E-state index contributed by atoms with van der Waals surface area (Å²) in [6.07, 6.45) is 8.29. The molecule has 5 nitrogen and oxygen atoms in total. The molecule has 0 aliphatic carbocycles. The van der Waals surface area contributed by atoms with Gasteiger partial charge in [-0.25, -0.2) is 14.4 Å². The Labute approximate surface area is 190 Å². The standard InChI is InChI=1S/C15H20FNO.C6H6.C5H6N2.H2O/c1-11-9-15-12(10-13(11)16)14(5-8-18-15)17-6-3-2-4-7-17;1-2-4-6-5-3-1;1-5-6-3-2-4-7-5;/h9-10,14H,2-8H2,1H3;1-6H;2-4H,1H3;1H2/t14-;;;/m0.../s1. The first-order chi connectivity index (χ1) is 15.1. The quantitative estimate of drug-likeness (QED) is 0.529. The number of benzene rings is 2. The smallest absolute Gasteiger partial charge is 0.126 e. The molecule has 0 saturated carbocycles. The van der Waals surface area contributed by atoms with Crippen LogP contribution in [0.25, 0.3) is 0 Å². The zero-order valence-corrected chi connectivity index (χ0v) is 19.0. The maximum Gasteiger partial charge on any atom is 0.126 e. The lowest BCUT2D eigenvalue weighted by atomic mass is 9.95. The lowest BCUT2D eigenvalue weighted by Gasteiger charge is -2.38. The van der Waals surface area contributed by atoms with Crippen molar-refractivity contribution in [1.82, 2.24) is 14.9 Å². The second-order valence-corrected chi connectivity index (χ2v) is 7.84. The van der Waals surface area contributed by atoms with Crippen LogP contribution in [0.15, 0.2) is 67.0 Å². The van der Waals surface area contributed by atoms with E-state index in [1.54, 1.807) is 31.5 Å². The van der Waals surface area contributed by atoms with E-state index in [2.05, 4.69) is 14.9 Å². The third kappa shape index (κ3) is 7.70. The first kappa shape index (κ1) is 25.4. The number of rotatable bonds is 1. The van der Waals surface area contributed by atoms with Gasteiger partial charge in [-0.1, -0.05) is 42.8 Å². The normalized spacial score (nSPS) is 17.2. The molecule has 0 bridgehead atoms. The van der Waals surface area contributed by atoms with Crippen LogP contribution in [-0.2, 0) is 0 Å². The maximum atomic E-state index is 13.8. The molecule has 32 heavy (non-hydrogen) atoms. The highest BCUT2D eigenvalue weighted by atomic mass is 19.1. The molecule has 0 amide bonds. The number of halogens is 1. The first-order valence-corrected chi connectivity index (χ1v) is 11.1. The number of aromatic nitrogens is 2. The molecule has 0 unspecified atom stereocenters. The summed E-state index contributed by atoms with van der Waals surface area (Å²) in [6.45, 7) is 6.68. The van der Waals surface area contributed by atoms with Crippen molar-refractivity contribution in [2.24, 2.45) is 0 Å². The highest BCUT2D eigenvalue weighted by molar-refractivity contribution is 5.41. The van der Waals surface area contributed by atoms with Crippen LogP contribution in [0.1, 0.15) is 48.7 Å². The number of nitrogens with zero attached hydrogens (tertiary/aromatic N) is 3. The van der Waals surface area contributed by atoms with Crippen molar-refractivity contribution in [2.75, 3.05) is 19.7 Å². The minimum atomic E-state index is -0.110.